The van der Waals surface area contributed by atoms with Crippen LogP contribution in [-0.4, -0.2) is 53.4 Å². The molecule has 138 valence electrons. The molecule has 6 heteroatoms. The van der Waals surface area contributed by atoms with Crippen molar-refractivity contribution in [1.29, 1.82) is 0 Å². The van der Waals surface area contributed by atoms with Gasteiger partial charge in [0.2, 0.25) is 5.91 Å². The summed E-state index contributed by atoms with van der Waals surface area (Å²) in [6, 6.07) is 4.19. The number of aryl methyl sites for hydroxylation is 3. The number of likely N-dealkylation sites (tertiary alicyclic amines) is 1. The fourth-order valence-corrected chi connectivity index (χ4v) is 4.39. The third-order valence-corrected chi connectivity index (χ3v) is 6.05. The number of amides is 2. The fraction of sp³-hybridized carbons (Fsp3) is 0.500. The topological polar surface area (TPSA) is 77.2 Å². The van der Waals surface area contributed by atoms with E-state index in [1.165, 1.54) is 5.56 Å². The number of carbonyl (C=O) groups excluding carboxylic acids is 2. The molecule has 1 spiro atoms. The number of benzene rings is 1. The molecular weight excluding hydrogens is 328 g/mol. The zero-order chi connectivity index (χ0) is 18.5. The van der Waals surface area contributed by atoms with Gasteiger partial charge in [-0.2, -0.15) is 0 Å². The molecule has 3 N–H and O–H groups in total. The second-order valence-corrected chi connectivity index (χ2v) is 7.63. The Balaban J connectivity index is 1.59. The largest absolute Gasteiger partial charge is 0.353 e. The third kappa shape index (κ3) is 2.51. The summed E-state index contributed by atoms with van der Waals surface area (Å²) in [6.07, 6.45) is 1.31. The van der Waals surface area contributed by atoms with E-state index < -0.39 is 5.54 Å². The van der Waals surface area contributed by atoms with Gasteiger partial charge in [0.1, 0.15) is 11.2 Å². The molecule has 2 aromatic rings. The molecule has 2 aliphatic rings. The normalized spacial score (nSPS) is 19.8. The highest BCUT2D eigenvalue weighted by molar-refractivity contribution is 6.02. The van der Waals surface area contributed by atoms with E-state index in [0.717, 1.165) is 28.6 Å². The number of H-pyrrole nitrogens is 1. The third-order valence-electron chi connectivity index (χ3n) is 6.05. The Bertz CT molecular complexity index is 891. The van der Waals surface area contributed by atoms with E-state index in [1.807, 2.05) is 11.8 Å². The van der Waals surface area contributed by atoms with E-state index in [9.17, 15) is 9.59 Å². The smallest absolute Gasteiger partial charge is 0.270 e. The van der Waals surface area contributed by atoms with Gasteiger partial charge in [0.15, 0.2) is 0 Å². The number of aromatic amines is 1. The van der Waals surface area contributed by atoms with Crippen LogP contribution in [0.4, 0.5) is 0 Å². The molecule has 4 rings (SSSR count). The van der Waals surface area contributed by atoms with Crippen molar-refractivity contribution in [3.8, 4) is 0 Å². The van der Waals surface area contributed by atoms with Crippen LogP contribution in [0.5, 0.6) is 0 Å². The zero-order valence-electron chi connectivity index (χ0n) is 15.7. The standard InChI is InChI=1S/C20H26N4O2/c1-12-4-5-13(2)16-15(12)14(3)17(23-16)18(25)24-10-6-20(7-11-24)19(26)21-8-9-22-20/h4-5,22-23H,6-11H2,1-3H3,(H,21,26). The highest BCUT2D eigenvalue weighted by Crippen LogP contribution is 2.30. The molecule has 0 radical (unpaired) electrons. The molecule has 1 aromatic heterocycles. The minimum Gasteiger partial charge on any atom is -0.353 e. The highest BCUT2D eigenvalue weighted by Gasteiger charge is 2.43. The molecule has 6 nitrogen and oxygen atoms in total. The number of aromatic nitrogens is 1. The Morgan fingerprint density at radius 1 is 1.08 bits per heavy atom. The molecular formula is C20H26N4O2. The molecule has 2 fully saturated rings. The molecule has 0 bridgehead atoms. The lowest BCUT2D eigenvalue weighted by Crippen LogP contribution is -2.66. The first-order valence-electron chi connectivity index (χ1n) is 9.34. The first-order chi connectivity index (χ1) is 12.4. The number of nitrogens with one attached hydrogen (secondary N) is 3. The minimum absolute atomic E-state index is 0.0311. The Hall–Kier alpha value is -2.34. The average molecular weight is 354 g/mol. The summed E-state index contributed by atoms with van der Waals surface area (Å²) in [6.45, 7) is 8.80. The second kappa shape index (κ2) is 6.13. The van der Waals surface area contributed by atoms with Crippen molar-refractivity contribution in [3.63, 3.8) is 0 Å². The van der Waals surface area contributed by atoms with Crippen molar-refractivity contribution >= 4 is 22.7 Å². The average Bonchev–Trinajstić information content (AvgIpc) is 3.00. The van der Waals surface area contributed by atoms with Crippen LogP contribution < -0.4 is 10.6 Å². The molecule has 0 unspecified atom stereocenters. The van der Waals surface area contributed by atoms with E-state index in [-0.39, 0.29) is 11.8 Å². The SMILES string of the molecule is Cc1ccc(C)c2c(C)c(C(=O)N3CCC4(CC3)NCCNC4=O)[nH]c12. The number of carbonyl (C=O) groups is 2. The van der Waals surface area contributed by atoms with E-state index in [0.29, 0.717) is 38.2 Å². The van der Waals surface area contributed by atoms with Crippen LogP contribution in [0.15, 0.2) is 12.1 Å². The van der Waals surface area contributed by atoms with Crippen molar-refractivity contribution in [2.45, 2.75) is 39.2 Å². The Morgan fingerprint density at radius 3 is 2.42 bits per heavy atom. The molecule has 0 atom stereocenters. The molecule has 3 heterocycles. The van der Waals surface area contributed by atoms with Crippen LogP contribution in [0.3, 0.4) is 0 Å². The zero-order valence-corrected chi connectivity index (χ0v) is 15.7. The summed E-state index contributed by atoms with van der Waals surface area (Å²) in [5.41, 5.74) is 4.56. The van der Waals surface area contributed by atoms with Crippen LogP contribution in [0.25, 0.3) is 10.9 Å². The van der Waals surface area contributed by atoms with Crippen molar-refractivity contribution in [2.24, 2.45) is 0 Å². The summed E-state index contributed by atoms with van der Waals surface area (Å²) in [4.78, 5) is 30.7. The molecule has 26 heavy (non-hydrogen) atoms. The van der Waals surface area contributed by atoms with Gasteiger partial charge in [-0.1, -0.05) is 12.1 Å². The maximum atomic E-state index is 13.1. The van der Waals surface area contributed by atoms with Gasteiger partial charge in [-0.25, -0.2) is 0 Å². The van der Waals surface area contributed by atoms with Crippen LogP contribution in [-0.2, 0) is 4.79 Å². The molecule has 0 saturated carbocycles. The molecule has 1 aromatic carbocycles. The summed E-state index contributed by atoms with van der Waals surface area (Å²) in [5, 5.41) is 7.47. The van der Waals surface area contributed by atoms with E-state index in [4.69, 9.17) is 0 Å². The van der Waals surface area contributed by atoms with E-state index in [2.05, 4.69) is 41.6 Å². The molecule has 2 saturated heterocycles. The number of piperidine rings is 1. The fourth-order valence-electron chi connectivity index (χ4n) is 4.39. The summed E-state index contributed by atoms with van der Waals surface area (Å²) in [5.74, 6) is 0.104. The van der Waals surface area contributed by atoms with E-state index in [1.54, 1.807) is 0 Å². The van der Waals surface area contributed by atoms with Gasteiger partial charge in [0, 0.05) is 37.1 Å². The lowest BCUT2D eigenvalue weighted by molar-refractivity contribution is -0.131. The van der Waals surface area contributed by atoms with Gasteiger partial charge >= 0.3 is 0 Å². The van der Waals surface area contributed by atoms with Crippen LogP contribution in [0.1, 0.15) is 40.0 Å². The van der Waals surface area contributed by atoms with Crippen molar-refractivity contribution in [1.82, 2.24) is 20.5 Å². The van der Waals surface area contributed by atoms with Crippen LogP contribution in [0.2, 0.25) is 0 Å². The monoisotopic (exact) mass is 354 g/mol. The first-order valence-corrected chi connectivity index (χ1v) is 9.34. The summed E-state index contributed by atoms with van der Waals surface area (Å²) >= 11 is 0. The number of rotatable bonds is 1. The number of piperazine rings is 1. The molecule has 0 aliphatic carbocycles. The van der Waals surface area contributed by atoms with Crippen molar-refractivity contribution in [3.05, 3.63) is 34.5 Å². The van der Waals surface area contributed by atoms with Gasteiger partial charge in [0.05, 0.1) is 0 Å². The number of nitrogens with zero attached hydrogens (tertiary/aromatic N) is 1. The predicted molar refractivity (Wildman–Crippen MR) is 101 cm³/mol. The molecule has 2 amide bonds. The van der Waals surface area contributed by atoms with Gasteiger partial charge in [-0.05, 0) is 50.3 Å². The Morgan fingerprint density at radius 2 is 1.77 bits per heavy atom. The van der Waals surface area contributed by atoms with Crippen molar-refractivity contribution in [2.75, 3.05) is 26.2 Å². The number of hydrogen-bond acceptors (Lipinski definition) is 3. The summed E-state index contributed by atoms with van der Waals surface area (Å²) < 4.78 is 0. The van der Waals surface area contributed by atoms with E-state index >= 15 is 0 Å². The van der Waals surface area contributed by atoms with Crippen molar-refractivity contribution < 1.29 is 9.59 Å². The molecule has 2 aliphatic heterocycles. The Labute approximate surface area is 153 Å². The number of hydrogen-bond donors (Lipinski definition) is 3. The van der Waals surface area contributed by atoms with Gasteiger partial charge in [-0.15, -0.1) is 0 Å². The maximum Gasteiger partial charge on any atom is 0.270 e. The predicted octanol–water partition coefficient (Wildman–Crippen LogP) is 1.79. The minimum atomic E-state index is -0.502. The summed E-state index contributed by atoms with van der Waals surface area (Å²) in [7, 11) is 0. The maximum absolute atomic E-state index is 13.1. The van der Waals surface area contributed by atoms with Crippen LogP contribution >= 0.6 is 0 Å². The second-order valence-electron chi connectivity index (χ2n) is 7.63. The van der Waals surface area contributed by atoms with Gasteiger partial charge < -0.3 is 20.5 Å². The lowest BCUT2D eigenvalue weighted by atomic mass is 9.85. The lowest BCUT2D eigenvalue weighted by Gasteiger charge is -2.43. The quantitative estimate of drug-likeness (QED) is 0.731. The van der Waals surface area contributed by atoms with Crippen LogP contribution in [0, 0.1) is 20.8 Å². The number of fused-ring (bicyclic) bond motifs is 1. The highest BCUT2D eigenvalue weighted by atomic mass is 16.2. The first kappa shape index (κ1) is 17.1. The Kier molecular flexibility index (Phi) is 4.03. The van der Waals surface area contributed by atoms with Gasteiger partial charge in [-0.3, -0.25) is 9.59 Å². The van der Waals surface area contributed by atoms with Gasteiger partial charge in [0.25, 0.3) is 5.91 Å².